The molecule has 0 saturated heterocycles. The predicted octanol–water partition coefficient (Wildman–Crippen LogP) is 1.58. The zero-order chi connectivity index (χ0) is 17.0. The zero-order valence-corrected chi connectivity index (χ0v) is 13.5. The van der Waals surface area contributed by atoms with Crippen LogP contribution in [0.5, 0.6) is 0 Å². The van der Waals surface area contributed by atoms with Crippen molar-refractivity contribution in [3.63, 3.8) is 0 Å². The van der Waals surface area contributed by atoms with E-state index in [4.69, 9.17) is 5.11 Å². The molecule has 1 aliphatic rings. The average Bonchev–Trinajstić information content (AvgIpc) is 2.52. The van der Waals surface area contributed by atoms with Gasteiger partial charge in [-0.2, -0.15) is 0 Å². The Morgan fingerprint density at radius 2 is 1.96 bits per heavy atom. The van der Waals surface area contributed by atoms with E-state index in [1.165, 1.54) is 0 Å². The predicted molar refractivity (Wildman–Crippen MR) is 86.2 cm³/mol. The molecule has 23 heavy (non-hydrogen) atoms. The third kappa shape index (κ3) is 4.09. The Morgan fingerprint density at radius 3 is 2.65 bits per heavy atom. The van der Waals surface area contributed by atoms with Crippen molar-refractivity contribution in [2.45, 2.75) is 33.1 Å². The first-order chi connectivity index (χ1) is 10.8. The number of aryl methyl sites for hydroxylation is 1. The molecule has 1 aliphatic heterocycles. The third-order valence-corrected chi connectivity index (χ3v) is 4.06. The molecule has 0 atom stereocenters. The molecule has 0 radical (unpaired) electrons. The largest absolute Gasteiger partial charge is 0.481 e. The van der Waals surface area contributed by atoms with E-state index >= 15 is 0 Å². The summed E-state index contributed by atoms with van der Waals surface area (Å²) in [5.74, 6) is -1.20. The number of fused-ring (bicyclic) bond motifs is 1. The molecule has 0 spiro atoms. The van der Waals surface area contributed by atoms with Crippen LogP contribution in [0.4, 0.5) is 5.69 Å². The Kier molecular flexibility index (Phi) is 5.03. The second kappa shape index (κ2) is 6.81. The lowest BCUT2D eigenvalue weighted by atomic mass is 9.94. The number of anilines is 1. The van der Waals surface area contributed by atoms with Gasteiger partial charge in [0.2, 0.25) is 11.8 Å². The number of hydrogen-bond donors (Lipinski definition) is 2. The molecule has 0 fully saturated rings. The number of aliphatic carboxylic acids is 1. The number of carbonyl (C=O) groups is 3. The van der Waals surface area contributed by atoms with Crippen LogP contribution in [-0.4, -0.2) is 36.0 Å². The Balaban J connectivity index is 1.92. The number of amides is 2. The molecule has 0 aromatic heterocycles. The summed E-state index contributed by atoms with van der Waals surface area (Å²) in [6, 6.07) is 7.69. The van der Waals surface area contributed by atoms with Gasteiger partial charge in [0.1, 0.15) is 0 Å². The summed E-state index contributed by atoms with van der Waals surface area (Å²) >= 11 is 0. The molecule has 2 N–H and O–H groups in total. The molecule has 0 aliphatic carbocycles. The molecular weight excluding hydrogens is 296 g/mol. The smallest absolute Gasteiger partial charge is 0.310 e. The standard InChI is InChI=1S/C17H22N2O4/c1-17(2,16(22)23)11-18-14(20)9-10-19-13-6-4-3-5-12(13)7-8-15(19)21/h3-6H,7-11H2,1-2H3,(H,18,20)(H,22,23). The van der Waals surface area contributed by atoms with Crippen molar-refractivity contribution in [3.8, 4) is 0 Å². The maximum absolute atomic E-state index is 12.1. The number of benzene rings is 1. The summed E-state index contributed by atoms with van der Waals surface area (Å²) in [7, 11) is 0. The summed E-state index contributed by atoms with van der Waals surface area (Å²) in [4.78, 5) is 36.7. The second-order valence-corrected chi connectivity index (χ2v) is 6.39. The second-order valence-electron chi connectivity index (χ2n) is 6.39. The molecular formula is C17H22N2O4. The summed E-state index contributed by atoms with van der Waals surface area (Å²) in [6.07, 6.45) is 1.32. The fourth-order valence-electron chi connectivity index (χ4n) is 2.44. The van der Waals surface area contributed by atoms with Crippen LogP contribution >= 0.6 is 0 Å². The van der Waals surface area contributed by atoms with Crippen LogP contribution in [0, 0.1) is 5.41 Å². The van der Waals surface area contributed by atoms with Crippen molar-refractivity contribution in [2.75, 3.05) is 18.0 Å². The summed E-state index contributed by atoms with van der Waals surface area (Å²) in [5.41, 5.74) is 0.963. The van der Waals surface area contributed by atoms with Crippen molar-refractivity contribution in [3.05, 3.63) is 29.8 Å². The first kappa shape index (κ1) is 17.0. The minimum atomic E-state index is -1.01. The Hall–Kier alpha value is -2.37. The highest BCUT2D eigenvalue weighted by Gasteiger charge is 2.28. The third-order valence-electron chi connectivity index (χ3n) is 4.06. The van der Waals surface area contributed by atoms with Gasteiger partial charge in [-0.15, -0.1) is 0 Å². The van der Waals surface area contributed by atoms with Crippen LogP contribution in [0.15, 0.2) is 24.3 Å². The van der Waals surface area contributed by atoms with Crippen molar-refractivity contribution in [2.24, 2.45) is 5.41 Å². The number of carbonyl (C=O) groups excluding carboxylic acids is 2. The van der Waals surface area contributed by atoms with Crippen LogP contribution in [0.3, 0.4) is 0 Å². The SMILES string of the molecule is CC(C)(CNC(=O)CCN1C(=O)CCc2ccccc21)C(=O)O. The lowest BCUT2D eigenvalue weighted by molar-refractivity contribution is -0.146. The van der Waals surface area contributed by atoms with Crippen LogP contribution in [0.1, 0.15) is 32.3 Å². The van der Waals surface area contributed by atoms with E-state index < -0.39 is 11.4 Å². The van der Waals surface area contributed by atoms with E-state index in [0.717, 1.165) is 17.7 Å². The highest BCUT2D eigenvalue weighted by atomic mass is 16.4. The van der Waals surface area contributed by atoms with Gasteiger partial charge in [0.05, 0.1) is 5.41 Å². The van der Waals surface area contributed by atoms with E-state index in [2.05, 4.69) is 5.32 Å². The van der Waals surface area contributed by atoms with Crippen LogP contribution in [0.25, 0.3) is 0 Å². The van der Waals surface area contributed by atoms with E-state index in [0.29, 0.717) is 13.0 Å². The molecule has 0 unspecified atom stereocenters. The first-order valence-corrected chi connectivity index (χ1v) is 7.69. The maximum Gasteiger partial charge on any atom is 0.310 e. The average molecular weight is 318 g/mol. The number of carboxylic acid groups (broad SMARTS) is 1. The Labute approximate surface area is 135 Å². The van der Waals surface area contributed by atoms with Gasteiger partial charge >= 0.3 is 5.97 Å². The first-order valence-electron chi connectivity index (χ1n) is 7.69. The van der Waals surface area contributed by atoms with Gasteiger partial charge in [-0.1, -0.05) is 18.2 Å². The summed E-state index contributed by atoms with van der Waals surface area (Å²) < 4.78 is 0. The molecule has 2 amide bonds. The minimum absolute atomic E-state index is 0.0161. The van der Waals surface area contributed by atoms with Gasteiger partial charge in [-0.3, -0.25) is 14.4 Å². The molecule has 0 bridgehead atoms. The normalized spacial score (nSPS) is 14.3. The van der Waals surface area contributed by atoms with Crippen LogP contribution in [-0.2, 0) is 20.8 Å². The number of carboxylic acids is 1. The van der Waals surface area contributed by atoms with Crippen LogP contribution < -0.4 is 10.2 Å². The molecule has 2 rings (SSSR count). The molecule has 1 heterocycles. The van der Waals surface area contributed by atoms with Gasteiger partial charge in [-0.25, -0.2) is 0 Å². The molecule has 6 nitrogen and oxygen atoms in total. The highest BCUT2D eigenvalue weighted by Crippen LogP contribution is 2.27. The van der Waals surface area contributed by atoms with E-state index in [-0.39, 0.29) is 24.8 Å². The number of rotatable bonds is 6. The minimum Gasteiger partial charge on any atom is -0.481 e. The lowest BCUT2D eigenvalue weighted by Crippen LogP contribution is -2.41. The van der Waals surface area contributed by atoms with Crippen molar-refractivity contribution < 1.29 is 19.5 Å². The molecule has 6 heteroatoms. The number of nitrogens with zero attached hydrogens (tertiary/aromatic N) is 1. The number of nitrogens with one attached hydrogen (secondary N) is 1. The summed E-state index contributed by atoms with van der Waals surface area (Å²) in [6.45, 7) is 3.47. The van der Waals surface area contributed by atoms with E-state index in [9.17, 15) is 14.4 Å². The van der Waals surface area contributed by atoms with E-state index in [1.807, 2.05) is 24.3 Å². The van der Waals surface area contributed by atoms with Gasteiger partial charge in [0.25, 0.3) is 0 Å². The Bertz CT molecular complexity index is 625. The van der Waals surface area contributed by atoms with Crippen LogP contribution in [0.2, 0.25) is 0 Å². The lowest BCUT2D eigenvalue weighted by Gasteiger charge is -2.29. The number of para-hydroxylation sites is 1. The van der Waals surface area contributed by atoms with Gasteiger partial charge in [-0.05, 0) is 31.9 Å². The van der Waals surface area contributed by atoms with E-state index in [1.54, 1.807) is 18.7 Å². The molecule has 1 aromatic carbocycles. The molecule has 1 aromatic rings. The van der Waals surface area contributed by atoms with Gasteiger partial charge in [0.15, 0.2) is 0 Å². The quantitative estimate of drug-likeness (QED) is 0.834. The van der Waals surface area contributed by atoms with Crippen molar-refractivity contribution in [1.82, 2.24) is 5.32 Å². The summed E-state index contributed by atoms with van der Waals surface area (Å²) in [5, 5.41) is 11.7. The zero-order valence-electron chi connectivity index (χ0n) is 13.5. The Morgan fingerprint density at radius 1 is 1.26 bits per heavy atom. The van der Waals surface area contributed by atoms with Crippen molar-refractivity contribution >= 4 is 23.5 Å². The fraction of sp³-hybridized carbons (Fsp3) is 0.471. The number of hydrogen-bond acceptors (Lipinski definition) is 3. The highest BCUT2D eigenvalue weighted by molar-refractivity contribution is 5.97. The fourth-order valence-corrected chi connectivity index (χ4v) is 2.44. The van der Waals surface area contributed by atoms with Gasteiger partial charge in [0, 0.05) is 31.6 Å². The van der Waals surface area contributed by atoms with Crippen molar-refractivity contribution in [1.29, 1.82) is 0 Å². The maximum atomic E-state index is 12.1. The van der Waals surface area contributed by atoms with Gasteiger partial charge < -0.3 is 15.3 Å². The topological polar surface area (TPSA) is 86.7 Å². The molecule has 0 saturated carbocycles. The molecule has 124 valence electrons. The monoisotopic (exact) mass is 318 g/mol.